The number of carbonyl (C=O) groups excluding carboxylic acids is 1. The molecule has 1 aliphatic heterocycles. The van der Waals surface area contributed by atoms with Gasteiger partial charge in [0.25, 0.3) is 5.91 Å². The Morgan fingerprint density at radius 2 is 1.76 bits per heavy atom. The van der Waals surface area contributed by atoms with E-state index in [-0.39, 0.29) is 23.9 Å². The van der Waals surface area contributed by atoms with Gasteiger partial charge < -0.3 is 9.47 Å². The molecule has 0 radical (unpaired) electrons. The van der Waals surface area contributed by atoms with Gasteiger partial charge in [0.05, 0.1) is 11.1 Å². The summed E-state index contributed by atoms with van der Waals surface area (Å²) in [6.07, 6.45) is 5.27. The van der Waals surface area contributed by atoms with E-state index in [1.807, 2.05) is 29.1 Å². The minimum atomic E-state index is -3.59. The highest BCUT2D eigenvalue weighted by atomic mass is 79.9. The minimum Gasteiger partial charge on any atom is -0.336 e. The fourth-order valence-corrected chi connectivity index (χ4v) is 5.46. The van der Waals surface area contributed by atoms with Crippen LogP contribution in [0.3, 0.4) is 0 Å². The third kappa shape index (κ3) is 3.75. The van der Waals surface area contributed by atoms with Crippen LogP contribution < -0.4 is 0 Å². The topological polar surface area (TPSA) is 80.4 Å². The summed E-state index contributed by atoms with van der Waals surface area (Å²) in [7, 11) is -1.81. The lowest BCUT2D eigenvalue weighted by Gasteiger charge is -2.34. The zero-order valence-corrected chi connectivity index (χ0v) is 18.2. The first-order valence-electron chi connectivity index (χ1n) is 9.08. The van der Waals surface area contributed by atoms with Gasteiger partial charge in [0.1, 0.15) is 11.4 Å². The Morgan fingerprint density at radius 1 is 1.07 bits per heavy atom. The van der Waals surface area contributed by atoms with Crippen molar-refractivity contribution < 1.29 is 13.2 Å². The van der Waals surface area contributed by atoms with Gasteiger partial charge in [0, 0.05) is 50.1 Å². The maximum Gasteiger partial charge on any atom is 0.259 e. The summed E-state index contributed by atoms with van der Waals surface area (Å²) in [6, 6.07) is 10.4. The van der Waals surface area contributed by atoms with Gasteiger partial charge in [-0.2, -0.15) is 9.40 Å². The van der Waals surface area contributed by atoms with E-state index in [1.54, 1.807) is 47.1 Å². The molecule has 0 atom stereocenters. The molecule has 3 aromatic rings. The van der Waals surface area contributed by atoms with Crippen molar-refractivity contribution >= 4 is 31.9 Å². The fraction of sp³-hybridized carbons (Fsp3) is 0.263. The Morgan fingerprint density at radius 3 is 2.41 bits per heavy atom. The highest BCUT2D eigenvalue weighted by Gasteiger charge is 2.32. The molecule has 8 nitrogen and oxygen atoms in total. The summed E-state index contributed by atoms with van der Waals surface area (Å²) < 4.78 is 31.4. The largest absolute Gasteiger partial charge is 0.336 e. The molecule has 3 heterocycles. The number of sulfonamides is 1. The number of benzene rings is 1. The van der Waals surface area contributed by atoms with Gasteiger partial charge in [0.15, 0.2) is 0 Å². The molecule has 0 aliphatic carbocycles. The van der Waals surface area contributed by atoms with Crippen LogP contribution in [0.25, 0.3) is 5.82 Å². The maximum atomic E-state index is 13.1. The summed E-state index contributed by atoms with van der Waals surface area (Å²) in [5.74, 6) is 0.533. The molecule has 1 saturated heterocycles. The first kappa shape index (κ1) is 19.9. The van der Waals surface area contributed by atoms with Gasteiger partial charge in [-0.3, -0.25) is 9.48 Å². The second-order valence-corrected chi connectivity index (χ2v) is 9.60. The molecule has 4 rings (SSSR count). The average Bonchev–Trinajstić information content (AvgIpc) is 3.37. The van der Waals surface area contributed by atoms with Crippen molar-refractivity contribution in [1.82, 2.24) is 23.6 Å². The molecule has 152 valence electrons. The second kappa shape index (κ2) is 7.77. The summed E-state index contributed by atoms with van der Waals surface area (Å²) in [5, 5.41) is 4.23. The molecule has 0 unspecified atom stereocenters. The first-order chi connectivity index (χ1) is 13.9. The number of aromatic nitrogens is 3. The molecule has 1 fully saturated rings. The molecule has 1 amide bonds. The maximum absolute atomic E-state index is 13.1. The summed E-state index contributed by atoms with van der Waals surface area (Å²) in [6.45, 7) is 1.15. The molecule has 29 heavy (non-hydrogen) atoms. The van der Waals surface area contributed by atoms with Gasteiger partial charge in [-0.25, -0.2) is 8.42 Å². The number of halogens is 1. The molecule has 1 aliphatic rings. The second-order valence-electron chi connectivity index (χ2n) is 6.75. The molecule has 0 bridgehead atoms. The van der Waals surface area contributed by atoms with Gasteiger partial charge in [-0.05, 0) is 30.3 Å². The van der Waals surface area contributed by atoms with E-state index in [0.717, 1.165) is 0 Å². The van der Waals surface area contributed by atoms with Gasteiger partial charge in [0.2, 0.25) is 10.0 Å². The number of carbonyl (C=O) groups is 1. The van der Waals surface area contributed by atoms with Crippen LogP contribution in [-0.4, -0.2) is 64.1 Å². The quantitative estimate of drug-likeness (QED) is 0.576. The van der Waals surface area contributed by atoms with E-state index in [0.29, 0.717) is 28.9 Å². The van der Waals surface area contributed by atoms with Crippen LogP contribution in [0.4, 0.5) is 0 Å². The van der Waals surface area contributed by atoms with E-state index in [9.17, 15) is 13.2 Å². The molecule has 0 N–H and O–H groups in total. The lowest BCUT2D eigenvalue weighted by atomic mass is 10.2. The zero-order chi connectivity index (χ0) is 20.6. The zero-order valence-electron chi connectivity index (χ0n) is 15.8. The normalized spacial score (nSPS) is 15.6. The molecular formula is C19H20BrN5O3S. The highest BCUT2D eigenvalue weighted by molar-refractivity contribution is 9.10. The van der Waals surface area contributed by atoms with Crippen molar-refractivity contribution in [3.05, 3.63) is 65.0 Å². The molecule has 2 aromatic heterocycles. The van der Waals surface area contributed by atoms with Crippen LogP contribution >= 0.6 is 15.9 Å². The van der Waals surface area contributed by atoms with E-state index in [1.165, 1.54) is 4.31 Å². The molecule has 1 aromatic carbocycles. The highest BCUT2D eigenvalue weighted by Crippen LogP contribution is 2.22. The third-order valence-electron chi connectivity index (χ3n) is 4.95. The molecule has 10 heteroatoms. The van der Waals surface area contributed by atoms with E-state index < -0.39 is 10.0 Å². The Kier molecular flexibility index (Phi) is 5.32. The van der Waals surface area contributed by atoms with Crippen LogP contribution in [0.1, 0.15) is 10.4 Å². The number of hydrogen-bond donors (Lipinski definition) is 0. The number of aryl methyl sites for hydroxylation is 1. The molecule has 0 spiro atoms. The Bertz CT molecular complexity index is 1130. The van der Waals surface area contributed by atoms with Crippen molar-refractivity contribution in [3.63, 3.8) is 0 Å². The van der Waals surface area contributed by atoms with Gasteiger partial charge in [-0.1, -0.05) is 22.0 Å². The Hall–Kier alpha value is -2.43. The van der Waals surface area contributed by atoms with Crippen LogP contribution in [0.2, 0.25) is 0 Å². The van der Waals surface area contributed by atoms with Crippen molar-refractivity contribution in [2.24, 2.45) is 7.05 Å². The van der Waals surface area contributed by atoms with Crippen LogP contribution in [-0.2, 0) is 17.1 Å². The first-order valence-corrected chi connectivity index (χ1v) is 11.3. The summed E-state index contributed by atoms with van der Waals surface area (Å²) in [5.41, 5.74) is 0.493. The minimum absolute atomic E-state index is 0.152. The van der Waals surface area contributed by atoms with Gasteiger partial charge in [-0.15, -0.1) is 0 Å². The SMILES string of the molecule is Cn1ncc(C(=O)N2CCN(S(=O)(=O)c3cccc(Br)c3)CC2)c1-n1cccc1. The monoisotopic (exact) mass is 477 g/mol. The summed E-state index contributed by atoms with van der Waals surface area (Å²) >= 11 is 3.31. The lowest BCUT2D eigenvalue weighted by molar-refractivity contribution is 0.0698. The standard InChI is InChI=1S/C19H20BrN5O3S/c1-22-18(23-7-2-3-8-23)17(14-21-22)19(26)24-9-11-25(12-10-24)29(27,28)16-6-4-5-15(20)13-16/h2-8,13-14H,9-12H2,1H3. The van der Waals surface area contributed by atoms with Crippen molar-refractivity contribution in [3.8, 4) is 5.82 Å². The van der Waals surface area contributed by atoms with E-state index in [2.05, 4.69) is 21.0 Å². The molecule has 0 saturated carbocycles. The third-order valence-corrected chi connectivity index (χ3v) is 7.33. The van der Waals surface area contributed by atoms with E-state index in [4.69, 9.17) is 0 Å². The number of nitrogens with zero attached hydrogens (tertiary/aromatic N) is 5. The van der Waals surface area contributed by atoms with Gasteiger partial charge >= 0.3 is 0 Å². The fourth-order valence-electron chi connectivity index (χ4n) is 3.44. The van der Waals surface area contributed by atoms with Crippen LogP contribution in [0.5, 0.6) is 0 Å². The average molecular weight is 478 g/mol. The Balaban J connectivity index is 1.50. The number of amides is 1. The number of piperazine rings is 1. The van der Waals surface area contributed by atoms with Crippen LogP contribution in [0, 0.1) is 0 Å². The number of rotatable bonds is 4. The van der Waals surface area contributed by atoms with Crippen molar-refractivity contribution in [2.75, 3.05) is 26.2 Å². The van der Waals surface area contributed by atoms with Crippen molar-refractivity contribution in [1.29, 1.82) is 0 Å². The Labute approximate surface area is 177 Å². The lowest BCUT2D eigenvalue weighted by Crippen LogP contribution is -2.50. The van der Waals surface area contributed by atoms with Crippen molar-refractivity contribution in [2.45, 2.75) is 4.90 Å². The summed E-state index contributed by atoms with van der Waals surface area (Å²) in [4.78, 5) is 15.0. The predicted octanol–water partition coefficient (Wildman–Crippen LogP) is 2.12. The predicted molar refractivity (Wildman–Crippen MR) is 111 cm³/mol. The smallest absolute Gasteiger partial charge is 0.259 e. The van der Waals surface area contributed by atoms with E-state index >= 15 is 0 Å². The molecular weight excluding hydrogens is 458 g/mol. The number of hydrogen-bond acceptors (Lipinski definition) is 4. The van der Waals surface area contributed by atoms with Crippen LogP contribution in [0.15, 0.2) is 64.4 Å².